The average molecular weight is 441 g/mol. The van der Waals surface area contributed by atoms with E-state index in [1.807, 2.05) is 0 Å². The van der Waals surface area contributed by atoms with E-state index in [4.69, 9.17) is 4.74 Å². The van der Waals surface area contributed by atoms with Crippen LogP contribution in [0.4, 0.5) is 0 Å². The van der Waals surface area contributed by atoms with Crippen LogP contribution in [-0.4, -0.2) is 38.4 Å². The Labute approximate surface area is 141 Å². The predicted molar refractivity (Wildman–Crippen MR) is 85.4 cm³/mol. The van der Waals surface area contributed by atoms with Crippen LogP contribution in [0.2, 0.25) is 0 Å². The lowest BCUT2D eigenvalue weighted by molar-refractivity contribution is -0.146. The van der Waals surface area contributed by atoms with Gasteiger partial charge in [-0.1, -0.05) is 15.9 Å². The third-order valence-electron chi connectivity index (χ3n) is 3.41. The molecule has 0 spiro atoms. The van der Waals surface area contributed by atoms with E-state index in [0.717, 1.165) is 12.8 Å². The Morgan fingerprint density at radius 1 is 1.33 bits per heavy atom. The van der Waals surface area contributed by atoms with Crippen LogP contribution < -0.4 is 0 Å². The minimum Gasteiger partial charge on any atom is -0.468 e. The van der Waals surface area contributed by atoms with Crippen molar-refractivity contribution >= 4 is 47.9 Å². The minimum absolute atomic E-state index is 0.146. The molecule has 116 valence electrons. The molecule has 21 heavy (non-hydrogen) atoms. The van der Waals surface area contributed by atoms with Gasteiger partial charge in [0.05, 0.1) is 12.0 Å². The monoisotopic (exact) mass is 439 g/mol. The molecule has 0 aromatic heterocycles. The van der Waals surface area contributed by atoms with Crippen molar-refractivity contribution in [3.63, 3.8) is 0 Å². The van der Waals surface area contributed by atoms with Gasteiger partial charge in [0.25, 0.3) is 0 Å². The molecule has 0 N–H and O–H groups in total. The summed E-state index contributed by atoms with van der Waals surface area (Å²) in [4.78, 5) is 12.0. The van der Waals surface area contributed by atoms with Gasteiger partial charge in [0, 0.05) is 15.5 Å². The van der Waals surface area contributed by atoms with Gasteiger partial charge in [-0.05, 0) is 53.4 Å². The van der Waals surface area contributed by atoms with Crippen molar-refractivity contribution in [3.05, 3.63) is 27.1 Å². The average Bonchev–Trinajstić information content (AvgIpc) is 2.48. The van der Waals surface area contributed by atoms with Crippen molar-refractivity contribution in [1.29, 1.82) is 0 Å². The Bertz CT molecular complexity index is 648. The van der Waals surface area contributed by atoms with E-state index in [-0.39, 0.29) is 4.90 Å². The molecule has 0 amide bonds. The van der Waals surface area contributed by atoms with E-state index in [2.05, 4.69) is 31.9 Å². The van der Waals surface area contributed by atoms with Crippen LogP contribution >= 0.6 is 31.9 Å². The first-order valence-corrected chi connectivity index (χ1v) is 9.45. The first kappa shape index (κ1) is 16.9. The van der Waals surface area contributed by atoms with Gasteiger partial charge < -0.3 is 4.74 Å². The summed E-state index contributed by atoms with van der Waals surface area (Å²) in [7, 11) is -2.49. The number of esters is 1. The van der Waals surface area contributed by atoms with Crippen LogP contribution in [0, 0.1) is 0 Å². The van der Waals surface area contributed by atoms with Gasteiger partial charge in [-0.2, -0.15) is 4.31 Å². The Kier molecular flexibility index (Phi) is 5.45. The highest BCUT2D eigenvalue weighted by molar-refractivity contribution is 9.11. The van der Waals surface area contributed by atoms with Crippen molar-refractivity contribution in [2.45, 2.75) is 30.2 Å². The van der Waals surface area contributed by atoms with Gasteiger partial charge in [-0.3, -0.25) is 4.79 Å². The summed E-state index contributed by atoms with van der Waals surface area (Å²) in [5, 5.41) is 0. The zero-order valence-electron chi connectivity index (χ0n) is 11.4. The molecule has 5 nitrogen and oxygen atoms in total. The van der Waals surface area contributed by atoms with Gasteiger partial charge >= 0.3 is 5.97 Å². The molecule has 1 aliphatic rings. The first-order chi connectivity index (χ1) is 9.87. The molecule has 8 heteroatoms. The molecule has 1 fully saturated rings. The van der Waals surface area contributed by atoms with Crippen molar-refractivity contribution in [1.82, 2.24) is 4.31 Å². The highest BCUT2D eigenvalue weighted by Gasteiger charge is 2.39. The van der Waals surface area contributed by atoms with E-state index < -0.39 is 22.0 Å². The summed E-state index contributed by atoms with van der Waals surface area (Å²) in [5.41, 5.74) is 0. The fourth-order valence-electron chi connectivity index (χ4n) is 2.37. The number of benzene rings is 1. The van der Waals surface area contributed by atoms with Crippen molar-refractivity contribution in [2.24, 2.45) is 0 Å². The standard InChI is InChI=1S/C13H15Br2NO4S/c1-20-13(17)11-4-2-3-7-16(11)21(18,19)12-8-9(14)5-6-10(12)15/h5-6,8,11H,2-4,7H2,1H3/t11-/m1/s1. The number of nitrogens with zero attached hydrogens (tertiary/aromatic N) is 1. The van der Waals surface area contributed by atoms with Crippen LogP contribution in [0.15, 0.2) is 32.0 Å². The Morgan fingerprint density at radius 2 is 2.05 bits per heavy atom. The second kappa shape index (κ2) is 6.76. The maximum Gasteiger partial charge on any atom is 0.324 e. The van der Waals surface area contributed by atoms with Crippen LogP contribution in [0.25, 0.3) is 0 Å². The van der Waals surface area contributed by atoms with Crippen molar-refractivity contribution in [2.75, 3.05) is 13.7 Å². The molecule has 1 aromatic rings. The van der Waals surface area contributed by atoms with Gasteiger partial charge in [0.1, 0.15) is 6.04 Å². The lowest BCUT2D eigenvalue weighted by Gasteiger charge is -2.32. The number of carbonyl (C=O) groups is 1. The SMILES string of the molecule is COC(=O)[C@H]1CCCCN1S(=O)(=O)c1cc(Br)ccc1Br. The number of sulfonamides is 1. The van der Waals surface area contributed by atoms with Crippen LogP contribution in [0.5, 0.6) is 0 Å². The van der Waals surface area contributed by atoms with Crippen LogP contribution in [0.3, 0.4) is 0 Å². The quantitative estimate of drug-likeness (QED) is 0.678. The molecular weight excluding hydrogens is 426 g/mol. The fraction of sp³-hybridized carbons (Fsp3) is 0.462. The Balaban J connectivity index is 2.45. The van der Waals surface area contributed by atoms with E-state index in [0.29, 0.717) is 21.9 Å². The molecule has 0 saturated carbocycles. The number of halogens is 2. The fourth-order valence-corrected chi connectivity index (χ4v) is 5.48. The highest BCUT2D eigenvalue weighted by atomic mass is 79.9. The number of ether oxygens (including phenoxy) is 1. The number of piperidine rings is 1. The Hall–Kier alpha value is -0.440. The first-order valence-electron chi connectivity index (χ1n) is 6.42. The van der Waals surface area contributed by atoms with E-state index in [9.17, 15) is 13.2 Å². The normalized spacial score (nSPS) is 20.2. The lowest BCUT2D eigenvalue weighted by Crippen LogP contribution is -2.48. The maximum atomic E-state index is 12.9. The molecule has 1 aliphatic heterocycles. The third-order valence-corrected chi connectivity index (χ3v) is 6.80. The minimum atomic E-state index is -3.76. The largest absolute Gasteiger partial charge is 0.468 e. The number of methoxy groups -OCH3 is 1. The summed E-state index contributed by atoms with van der Waals surface area (Å²) in [5.74, 6) is -0.510. The summed E-state index contributed by atoms with van der Waals surface area (Å²) < 4.78 is 32.8. The zero-order chi connectivity index (χ0) is 15.6. The van der Waals surface area contributed by atoms with Gasteiger partial charge in [0.2, 0.25) is 10.0 Å². The summed E-state index contributed by atoms with van der Waals surface area (Å²) >= 11 is 6.54. The molecule has 1 atom stereocenters. The molecule has 1 saturated heterocycles. The zero-order valence-corrected chi connectivity index (χ0v) is 15.4. The van der Waals surface area contributed by atoms with Crippen LogP contribution in [-0.2, 0) is 19.6 Å². The third kappa shape index (κ3) is 3.49. The molecule has 1 aromatic carbocycles. The second-order valence-corrected chi connectivity index (χ2v) is 8.35. The van der Waals surface area contributed by atoms with Gasteiger partial charge in [0.15, 0.2) is 0 Å². The second-order valence-electron chi connectivity index (χ2n) is 4.73. The summed E-state index contributed by atoms with van der Waals surface area (Å²) in [6.45, 7) is 0.320. The molecule has 0 aliphatic carbocycles. The van der Waals surface area contributed by atoms with Crippen LogP contribution in [0.1, 0.15) is 19.3 Å². The summed E-state index contributed by atoms with van der Waals surface area (Å²) in [6, 6.07) is 4.19. The summed E-state index contributed by atoms with van der Waals surface area (Å²) in [6.07, 6.45) is 2.03. The highest BCUT2D eigenvalue weighted by Crippen LogP contribution is 2.32. The molecule has 2 rings (SSSR count). The Morgan fingerprint density at radius 3 is 2.71 bits per heavy atom. The number of hydrogen-bond acceptors (Lipinski definition) is 4. The number of rotatable bonds is 3. The maximum absolute atomic E-state index is 12.9. The van der Waals surface area contributed by atoms with Gasteiger partial charge in [-0.15, -0.1) is 0 Å². The molecule has 0 unspecified atom stereocenters. The predicted octanol–water partition coefficient (Wildman–Crippen LogP) is 2.93. The molecule has 0 bridgehead atoms. The molecule has 1 heterocycles. The van der Waals surface area contributed by atoms with E-state index in [1.54, 1.807) is 12.1 Å². The lowest BCUT2D eigenvalue weighted by atomic mass is 10.1. The van der Waals surface area contributed by atoms with Crippen molar-refractivity contribution < 1.29 is 17.9 Å². The smallest absolute Gasteiger partial charge is 0.324 e. The number of carbonyl (C=O) groups excluding carboxylic acids is 1. The van der Waals surface area contributed by atoms with Gasteiger partial charge in [-0.25, -0.2) is 8.42 Å². The number of hydrogen-bond donors (Lipinski definition) is 0. The van der Waals surface area contributed by atoms with E-state index >= 15 is 0 Å². The van der Waals surface area contributed by atoms with E-state index in [1.165, 1.54) is 17.5 Å². The molecule has 0 radical (unpaired) electrons. The topological polar surface area (TPSA) is 63.7 Å². The molecular formula is C13H15Br2NO4S. The van der Waals surface area contributed by atoms with Crippen molar-refractivity contribution in [3.8, 4) is 0 Å².